The maximum Gasteiger partial charge on any atom is 0.240 e. The minimum Gasteiger partial charge on any atom is -0.389 e. The van der Waals surface area contributed by atoms with Crippen molar-refractivity contribution in [2.45, 2.75) is 18.9 Å². The molecule has 0 spiro atoms. The fourth-order valence-corrected chi connectivity index (χ4v) is 2.64. The monoisotopic (exact) mass is 283 g/mol. The number of hydrogen-bond donors (Lipinski definition) is 2. The molecule has 4 N–H and O–H groups in total. The van der Waals surface area contributed by atoms with Gasteiger partial charge in [0, 0.05) is 22.8 Å². The van der Waals surface area contributed by atoms with Crippen LogP contribution in [-0.2, 0) is 4.79 Å². The Morgan fingerprint density at radius 1 is 1.44 bits per heavy atom. The molecule has 0 bridgehead atoms. The Morgan fingerprint density at radius 2 is 2.17 bits per heavy atom. The van der Waals surface area contributed by atoms with Gasteiger partial charge in [0.25, 0.3) is 0 Å². The van der Waals surface area contributed by atoms with Gasteiger partial charge in [-0.1, -0.05) is 23.8 Å². The van der Waals surface area contributed by atoms with Crippen LogP contribution in [0.4, 0.5) is 5.69 Å². The van der Waals surface area contributed by atoms with Crippen LogP contribution < -0.4 is 16.4 Å². The molecule has 6 heteroatoms. The third-order valence-electron chi connectivity index (χ3n) is 3.12. The number of nitrogens with two attached hydrogens (primary N) is 2. The molecular weight excluding hydrogens is 270 g/mol. The van der Waals surface area contributed by atoms with Gasteiger partial charge in [-0.3, -0.25) is 4.79 Å². The Bertz CT molecular complexity index is 506. The van der Waals surface area contributed by atoms with Gasteiger partial charge in [-0.15, -0.1) is 0 Å². The van der Waals surface area contributed by atoms with Crippen molar-refractivity contribution in [2.24, 2.45) is 11.5 Å². The third kappa shape index (κ3) is 2.42. The zero-order valence-electron chi connectivity index (χ0n) is 9.73. The number of anilines is 1. The van der Waals surface area contributed by atoms with E-state index < -0.39 is 0 Å². The highest BCUT2D eigenvalue weighted by Gasteiger charge is 2.30. The Labute approximate surface area is 116 Å². The lowest BCUT2D eigenvalue weighted by Crippen LogP contribution is -2.41. The van der Waals surface area contributed by atoms with E-state index in [0.29, 0.717) is 5.02 Å². The summed E-state index contributed by atoms with van der Waals surface area (Å²) in [6.45, 7) is 0.754. The van der Waals surface area contributed by atoms with Crippen molar-refractivity contribution in [1.82, 2.24) is 0 Å². The van der Waals surface area contributed by atoms with Gasteiger partial charge < -0.3 is 16.4 Å². The average molecular weight is 284 g/mol. The van der Waals surface area contributed by atoms with Crippen molar-refractivity contribution < 1.29 is 4.79 Å². The van der Waals surface area contributed by atoms with Crippen molar-refractivity contribution in [3.63, 3.8) is 0 Å². The minimum atomic E-state index is -0.332. The third-order valence-corrected chi connectivity index (χ3v) is 3.57. The summed E-state index contributed by atoms with van der Waals surface area (Å²) >= 11 is 11.0. The number of hydrogen-bond acceptors (Lipinski definition) is 3. The van der Waals surface area contributed by atoms with E-state index in [1.165, 1.54) is 0 Å². The minimum absolute atomic E-state index is 0.289. The number of benzene rings is 1. The molecule has 0 aromatic heterocycles. The first kappa shape index (κ1) is 13.1. The van der Waals surface area contributed by atoms with Gasteiger partial charge in [0.15, 0.2) is 0 Å². The number of nitrogens with zero attached hydrogens (tertiary/aromatic N) is 1. The van der Waals surface area contributed by atoms with Crippen LogP contribution in [0.15, 0.2) is 18.2 Å². The molecule has 4 nitrogen and oxygen atoms in total. The molecule has 1 heterocycles. The smallest absolute Gasteiger partial charge is 0.240 e. The average Bonchev–Trinajstić information content (AvgIpc) is 2.77. The van der Waals surface area contributed by atoms with E-state index in [-0.39, 0.29) is 16.9 Å². The molecule has 1 aromatic carbocycles. The summed E-state index contributed by atoms with van der Waals surface area (Å²) in [6, 6.07) is 4.97. The Morgan fingerprint density at radius 3 is 2.78 bits per heavy atom. The molecule has 96 valence electrons. The molecule has 1 amide bonds. The van der Waals surface area contributed by atoms with Crippen LogP contribution in [0.3, 0.4) is 0 Å². The lowest BCUT2D eigenvalue weighted by molar-refractivity contribution is -0.119. The van der Waals surface area contributed by atoms with Gasteiger partial charge in [0.1, 0.15) is 11.0 Å². The van der Waals surface area contributed by atoms with E-state index >= 15 is 0 Å². The van der Waals surface area contributed by atoms with Crippen molar-refractivity contribution in [3.8, 4) is 0 Å². The molecule has 1 fully saturated rings. The van der Waals surface area contributed by atoms with Crippen LogP contribution in [0.5, 0.6) is 0 Å². The van der Waals surface area contributed by atoms with Crippen LogP contribution in [0.2, 0.25) is 5.02 Å². The number of thiocarbonyl (C=S) groups is 1. The standard InChI is InChI=1S/C12H14ClN3OS/c13-7-3-4-8(12(15)18)10(6-7)16-5-1-2-9(16)11(14)17/h3-4,6,9H,1-2,5H2,(H2,14,17)(H2,15,18). The van der Waals surface area contributed by atoms with Crippen LogP contribution >= 0.6 is 23.8 Å². The van der Waals surface area contributed by atoms with Crippen molar-refractivity contribution in [2.75, 3.05) is 11.4 Å². The first-order chi connectivity index (χ1) is 8.50. The van der Waals surface area contributed by atoms with Gasteiger partial charge in [0.05, 0.1) is 0 Å². The fourth-order valence-electron chi connectivity index (χ4n) is 2.30. The quantitative estimate of drug-likeness (QED) is 0.823. The zero-order chi connectivity index (χ0) is 13.3. The summed E-state index contributed by atoms with van der Waals surface area (Å²) in [5.41, 5.74) is 12.6. The highest BCUT2D eigenvalue weighted by Crippen LogP contribution is 2.31. The number of carbonyl (C=O) groups is 1. The zero-order valence-corrected chi connectivity index (χ0v) is 11.3. The summed E-state index contributed by atoms with van der Waals surface area (Å²) in [5, 5.41) is 0.583. The molecular formula is C12H14ClN3OS. The molecule has 1 unspecified atom stereocenters. The molecule has 1 aliphatic rings. The first-order valence-electron chi connectivity index (χ1n) is 5.66. The number of carbonyl (C=O) groups excluding carboxylic acids is 1. The van der Waals surface area contributed by atoms with E-state index in [0.717, 1.165) is 30.6 Å². The molecule has 18 heavy (non-hydrogen) atoms. The Kier molecular flexibility index (Phi) is 3.73. The number of amides is 1. The summed E-state index contributed by atoms with van der Waals surface area (Å²) in [7, 11) is 0. The number of primary amides is 1. The number of halogens is 1. The Balaban J connectivity index is 2.46. The second-order valence-electron chi connectivity index (χ2n) is 4.28. The molecule has 1 saturated heterocycles. The normalized spacial score (nSPS) is 18.9. The first-order valence-corrected chi connectivity index (χ1v) is 6.44. The van der Waals surface area contributed by atoms with Crippen LogP contribution in [0.1, 0.15) is 18.4 Å². The molecule has 0 saturated carbocycles. The van der Waals surface area contributed by atoms with Crippen molar-refractivity contribution >= 4 is 40.4 Å². The summed E-state index contributed by atoms with van der Waals surface area (Å²) in [5.74, 6) is -0.332. The molecule has 1 aliphatic heterocycles. The van der Waals surface area contributed by atoms with Gasteiger partial charge in [-0.2, -0.15) is 0 Å². The SMILES string of the molecule is NC(=O)C1CCCN1c1cc(Cl)ccc1C(N)=S. The van der Waals surface area contributed by atoms with E-state index in [9.17, 15) is 4.79 Å². The molecule has 0 radical (unpaired) electrons. The topological polar surface area (TPSA) is 72.4 Å². The molecule has 1 aromatic rings. The van der Waals surface area contributed by atoms with Crippen LogP contribution in [-0.4, -0.2) is 23.5 Å². The van der Waals surface area contributed by atoms with E-state index in [1.54, 1.807) is 18.2 Å². The fraction of sp³-hybridized carbons (Fsp3) is 0.333. The van der Waals surface area contributed by atoms with E-state index in [4.69, 9.17) is 35.3 Å². The van der Waals surface area contributed by atoms with Gasteiger partial charge >= 0.3 is 0 Å². The summed E-state index contributed by atoms with van der Waals surface area (Å²) in [4.78, 5) is 13.7. The summed E-state index contributed by atoms with van der Waals surface area (Å²) < 4.78 is 0. The van der Waals surface area contributed by atoms with E-state index in [2.05, 4.69) is 0 Å². The molecule has 2 rings (SSSR count). The van der Waals surface area contributed by atoms with Crippen molar-refractivity contribution in [3.05, 3.63) is 28.8 Å². The maximum absolute atomic E-state index is 11.4. The Hall–Kier alpha value is -1.33. The van der Waals surface area contributed by atoms with Crippen LogP contribution in [0.25, 0.3) is 0 Å². The van der Waals surface area contributed by atoms with Gasteiger partial charge in [-0.25, -0.2) is 0 Å². The van der Waals surface area contributed by atoms with Crippen LogP contribution in [0, 0.1) is 0 Å². The van der Waals surface area contributed by atoms with Gasteiger partial charge in [-0.05, 0) is 31.0 Å². The molecule has 0 aliphatic carbocycles. The lowest BCUT2D eigenvalue weighted by Gasteiger charge is -2.26. The second-order valence-corrected chi connectivity index (χ2v) is 5.16. The lowest BCUT2D eigenvalue weighted by atomic mass is 10.1. The highest BCUT2D eigenvalue weighted by atomic mass is 35.5. The van der Waals surface area contributed by atoms with Gasteiger partial charge in [0.2, 0.25) is 5.91 Å². The highest BCUT2D eigenvalue weighted by molar-refractivity contribution is 7.80. The predicted molar refractivity (Wildman–Crippen MR) is 76.9 cm³/mol. The molecule has 1 atom stereocenters. The van der Waals surface area contributed by atoms with Crippen molar-refractivity contribution in [1.29, 1.82) is 0 Å². The summed E-state index contributed by atoms with van der Waals surface area (Å²) in [6.07, 6.45) is 1.66. The second kappa shape index (κ2) is 5.12. The number of rotatable bonds is 3. The largest absolute Gasteiger partial charge is 0.389 e. The maximum atomic E-state index is 11.4. The predicted octanol–water partition coefficient (Wildman–Crippen LogP) is 1.43. The van der Waals surface area contributed by atoms with E-state index in [1.807, 2.05) is 4.90 Å².